The van der Waals surface area contributed by atoms with Crippen LogP contribution in [0, 0.1) is 6.92 Å². The molecule has 134 valence electrons. The second-order valence-corrected chi connectivity index (χ2v) is 7.05. The van der Waals surface area contributed by atoms with Crippen LogP contribution in [0.4, 0.5) is 0 Å². The molecule has 2 heterocycles. The smallest absolute Gasteiger partial charge is 0.260 e. The lowest BCUT2D eigenvalue weighted by molar-refractivity contribution is -0.134. The molecular formula is C22H24N2O2. The number of nitrogens with one attached hydrogen (secondary N) is 1. The molecule has 3 aromatic rings. The van der Waals surface area contributed by atoms with Crippen molar-refractivity contribution in [3.05, 3.63) is 65.9 Å². The van der Waals surface area contributed by atoms with Crippen LogP contribution in [0.3, 0.4) is 0 Å². The Hall–Kier alpha value is -2.75. The first kappa shape index (κ1) is 16.7. The Balaban J connectivity index is 1.33. The zero-order valence-electron chi connectivity index (χ0n) is 15.1. The van der Waals surface area contributed by atoms with E-state index in [-0.39, 0.29) is 12.5 Å². The number of para-hydroxylation sites is 1. The van der Waals surface area contributed by atoms with Crippen LogP contribution in [0.25, 0.3) is 10.9 Å². The number of hydrogen-bond donors (Lipinski definition) is 1. The Morgan fingerprint density at radius 1 is 1.12 bits per heavy atom. The summed E-state index contributed by atoms with van der Waals surface area (Å²) in [4.78, 5) is 17.7. The molecule has 1 aromatic heterocycles. The largest absolute Gasteiger partial charge is 0.484 e. The number of rotatable bonds is 4. The third kappa shape index (κ3) is 3.45. The Labute approximate surface area is 153 Å². The third-order valence-corrected chi connectivity index (χ3v) is 5.29. The number of aromatic nitrogens is 1. The van der Waals surface area contributed by atoms with Crippen LogP contribution in [-0.4, -0.2) is 35.5 Å². The molecule has 0 spiro atoms. The SMILES string of the molecule is Cc1ccc(OCC(=O)N2CCC(c3c[nH]c4ccccc34)CC2)cc1. The van der Waals surface area contributed by atoms with Crippen molar-refractivity contribution >= 4 is 16.8 Å². The molecule has 1 N–H and O–H groups in total. The van der Waals surface area contributed by atoms with Crippen LogP contribution in [0.1, 0.15) is 29.9 Å². The van der Waals surface area contributed by atoms with Crippen molar-refractivity contribution in [1.29, 1.82) is 0 Å². The first-order chi connectivity index (χ1) is 12.7. The van der Waals surface area contributed by atoms with E-state index in [2.05, 4.69) is 35.4 Å². The zero-order chi connectivity index (χ0) is 17.9. The number of benzene rings is 2. The Morgan fingerprint density at radius 3 is 2.62 bits per heavy atom. The number of hydrogen-bond acceptors (Lipinski definition) is 2. The predicted octanol–water partition coefficient (Wildman–Crippen LogP) is 4.26. The minimum Gasteiger partial charge on any atom is -0.484 e. The number of nitrogens with zero attached hydrogens (tertiary/aromatic N) is 1. The summed E-state index contributed by atoms with van der Waals surface area (Å²) in [5.41, 5.74) is 3.75. The van der Waals surface area contributed by atoms with Gasteiger partial charge in [-0.25, -0.2) is 0 Å². The van der Waals surface area contributed by atoms with Gasteiger partial charge in [0.05, 0.1) is 0 Å². The standard InChI is InChI=1S/C22H24N2O2/c1-16-6-8-18(9-7-16)26-15-22(25)24-12-10-17(11-13-24)20-14-23-21-5-3-2-4-19(20)21/h2-9,14,17,23H,10-13,15H2,1H3. The van der Waals surface area contributed by atoms with E-state index in [4.69, 9.17) is 4.74 Å². The summed E-state index contributed by atoms with van der Waals surface area (Å²) in [5.74, 6) is 1.33. The second kappa shape index (κ2) is 7.24. The molecule has 1 aliphatic rings. The van der Waals surface area contributed by atoms with Gasteiger partial charge in [0, 0.05) is 30.2 Å². The van der Waals surface area contributed by atoms with Gasteiger partial charge >= 0.3 is 0 Å². The molecule has 2 aromatic carbocycles. The van der Waals surface area contributed by atoms with Crippen LogP contribution in [-0.2, 0) is 4.79 Å². The minimum atomic E-state index is 0.0722. The summed E-state index contributed by atoms with van der Waals surface area (Å²) >= 11 is 0. The fourth-order valence-corrected chi connectivity index (χ4v) is 3.74. The number of H-pyrrole nitrogens is 1. The summed E-state index contributed by atoms with van der Waals surface area (Å²) in [7, 11) is 0. The molecule has 1 aliphatic heterocycles. The van der Waals surface area contributed by atoms with Crippen molar-refractivity contribution in [2.24, 2.45) is 0 Å². The number of aromatic amines is 1. The van der Waals surface area contributed by atoms with Crippen LogP contribution < -0.4 is 4.74 Å². The van der Waals surface area contributed by atoms with E-state index >= 15 is 0 Å². The monoisotopic (exact) mass is 348 g/mol. The van der Waals surface area contributed by atoms with Crippen molar-refractivity contribution in [2.75, 3.05) is 19.7 Å². The van der Waals surface area contributed by atoms with Crippen LogP contribution >= 0.6 is 0 Å². The van der Waals surface area contributed by atoms with E-state index in [0.717, 1.165) is 31.7 Å². The fraction of sp³-hybridized carbons (Fsp3) is 0.318. The maximum Gasteiger partial charge on any atom is 0.260 e. The van der Waals surface area contributed by atoms with Gasteiger partial charge in [-0.15, -0.1) is 0 Å². The van der Waals surface area contributed by atoms with Gasteiger partial charge in [-0.05, 0) is 49.4 Å². The van der Waals surface area contributed by atoms with E-state index < -0.39 is 0 Å². The summed E-state index contributed by atoms with van der Waals surface area (Å²) in [6, 6.07) is 16.2. The molecule has 4 heteroatoms. The van der Waals surface area contributed by atoms with Crippen LogP contribution in [0.2, 0.25) is 0 Å². The first-order valence-electron chi connectivity index (χ1n) is 9.24. The second-order valence-electron chi connectivity index (χ2n) is 7.05. The maximum absolute atomic E-state index is 12.4. The highest BCUT2D eigenvalue weighted by atomic mass is 16.5. The molecule has 4 nitrogen and oxygen atoms in total. The summed E-state index contributed by atoms with van der Waals surface area (Å²) in [5, 5.41) is 1.31. The van der Waals surface area contributed by atoms with E-state index in [9.17, 15) is 4.79 Å². The number of carbonyl (C=O) groups is 1. The highest BCUT2D eigenvalue weighted by Crippen LogP contribution is 2.33. The molecule has 26 heavy (non-hydrogen) atoms. The number of carbonyl (C=O) groups excluding carboxylic acids is 1. The lowest BCUT2D eigenvalue weighted by Crippen LogP contribution is -2.40. The zero-order valence-corrected chi connectivity index (χ0v) is 15.1. The van der Waals surface area contributed by atoms with Gasteiger partial charge < -0.3 is 14.6 Å². The summed E-state index contributed by atoms with van der Waals surface area (Å²) in [6.07, 6.45) is 4.13. The molecule has 0 radical (unpaired) electrons. The van der Waals surface area contributed by atoms with Gasteiger partial charge in [0.1, 0.15) is 5.75 Å². The van der Waals surface area contributed by atoms with Gasteiger partial charge in [-0.1, -0.05) is 35.9 Å². The number of amides is 1. The highest BCUT2D eigenvalue weighted by Gasteiger charge is 2.25. The molecule has 4 rings (SSSR count). The molecule has 0 atom stereocenters. The van der Waals surface area contributed by atoms with Crippen LogP contribution in [0.5, 0.6) is 5.75 Å². The van der Waals surface area contributed by atoms with Gasteiger partial charge in [0.2, 0.25) is 0 Å². The topological polar surface area (TPSA) is 45.3 Å². The summed E-state index contributed by atoms with van der Waals surface area (Å²) < 4.78 is 5.64. The van der Waals surface area contributed by atoms with Crippen LogP contribution in [0.15, 0.2) is 54.7 Å². The van der Waals surface area contributed by atoms with Gasteiger partial charge in [0.25, 0.3) is 5.91 Å². The Kier molecular flexibility index (Phi) is 4.65. The van der Waals surface area contributed by atoms with Crippen molar-refractivity contribution in [3.63, 3.8) is 0 Å². The van der Waals surface area contributed by atoms with Crippen molar-refractivity contribution < 1.29 is 9.53 Å². The number of fused-ring (bicyclic) bond motifs is 1. The molecule has 1 saturated heterocycles. The normalized spacial score (nSPS) is 15.3. The molecule has 0 bridgehead atoms. The lowest BCUT2D eigenvalue weighted by atomic mass is 9.89. The molecule has 1 fully saturated rings. The molecule has 0 unspecified atom stereocenters. The Morgan fingerprint density at radius 2 is 1.85 bits per heavy atom. The number of aryl methyl sites for hydroxylation is 1. The lowest BCUT2D eigenvalue weighted by Gasteiger charge is -2.32. The van der Waals surface area contributed by atoms with E-state index in [1.54, 1.807) is 0 Å². The van der Waals surface area contributed by atoms with Crippen molar-refractivity contribution in [2.45, 2.75) is 25.7 Å². The van der Waals surface area contributed by atoms with Gasteiger partial charge in [0.15, 0.2) is 6.61 Å². The molecule has 0 aliphatic carbocycles. The number of likely N-dealkylation sites (tertiary alicyclic amines) is 1. The maximum atomic E-state index is 12.4. The van der Waals surface area contributed by atoms with Gasteiger partial charge in [-0.2, -0.15) is 0 Å². The van der Waals surface area contributed by atoms with E-state index in [0.29, 0.717) is 5.92 Å². The average molecular weight is 348 g/mol. The van der Waals surface area contributed by atoms with Crippen molar-refractivity contribution in [3.8, 4) is 5.75 Å². The molecule has 0 saturated carbocycles. The Bertz CT molecular complexity index is 890. The van der Waals surface area contributed by atoms with Crippen molar-refractivity contribution in [1.82, 2.24) is 9.88 Å². The summed E-state index contributed by atoms with van der Waals surface area (Å²) in [6.45, 7) is 3.73. The van der Waals surface area contributed by atoms with Gasteiger partial charge in [-0.3, -0.25) is 4.79 Å². The minimum absolute atomic E-state index is 0.0722. The molecule has 1 amide bonds. The quantitative estimate of drug-likeness (QED) is 0.766. The average Bonchev–Trinajstić information content (AvgIpc) is 3.11. The predicted molar refractivity (Wildman–Crippen MR) is 104 cm³/mol. The highest BCUT2D eigenvalue weighted by molar-refractivity contribution is 5.83. The molecular weight excluding hydrogens is 324 g/mol. The number of piperidine rings is 1. The first-order valence-corrected chi connectivity index (χ1v) is 9.24. The fourth-order valence-electron chi connectivity index (χ4n) is 3.74. The third-order valence-electron chi connectivity index (χ3n) is 5.29. The number of ether oxygens (including phenoxy) is 1. The van der Waals surface area contributed by atoms with E-state index in [1.165, 1.54) is 22.0 Å². The van der Waals surface area contributed by atoms with E-state index in [1.807, 2.05) is 36.1 Å².